The molecule has 0 saturated carbocycles. The fraction of sp³-hybridized carbons (Fsp3) is 0.346. The number of likely N-dealkylation sites (tertiary alicyclic amines) is 1. The van der Waals surface area contributed by atoms with Crippen molar-refractivity contribution in [3.8, 4) is 5.75 Å². The summed E-state index contributed by atoms with van der Waals surface area (Å²) in [5, 5.41) is 2.91. The number of benzene rings is 2. The van der Waals surface area contributed by atoms with E-state index in [0.717, 1.165) is 4.90 Å². The van der Waals surface area contributed by atoms with Crippen molar-refractivity contribution in [3.63, 3.8) is 0 Å². The van der Waals surface area contributed by atoms with Crippen LogP contribution in [-0.2, 0) is 20.7 Å². The Labute approximate surface area is 233 Å². The second-order valence-corrected chi connectivity index (χ2v) is 11.6. The average molecular weight is 598 g/mol. The molecule has 2 aromatic carbocycles. The van der Waals surface area contributed by atoms with Crippen molar-refractivity contribution in [3.05, 3.63) is 64.6 Å². The Balaban J connectivity index is 1.59. The molecule has 3 aromatic rings. The van der Waals surface area contributed by atoms with E-state index in [2.05, 4.69) is 5.32 Å². The van der Waals surface area contributed by atoms with Crippen molar-refractivity contribution in [2.45, 2.75) is 45.1 Å². The summed E-state index contributed by atoms with van der Waals surface area (Å²) >= 11 is 5.79. The minimum absolute atomic E-state index is 0.0976. The molecule has 1 aliphatic rings. The molecular weight excluding hydrogens is 571 g/mol. The second kappa shape index (κ2) is 11.7. The van der Waals surface area contributed by atoms with Crippen molar-refractivity contribution < 1.29 is 42.3 Å². The van der Waals surface area contributed by atoms with Gasteiger partial charge in [0.05, 0.1) is 17.1 Å². The normalized spacial score (nSPS) is 18.1. The van der Waals surface area contributed by atoms with Crippen LogP contribution in [0.15, 0.2) is 42.6 Å². The summed E-state index contributed by atoms with van der Waals surface area (Å²) in [6, 6.07) is 6.60. The van der Waals surface area contributed by atoms with E-state index in [0.29, 0.717) is 16.5 Å². The lowest BCUT2D eigenvalue weighted by Crippen LogP contribution is -2.47. The number of aromatic nitrogens is 1. The summed E-state index contributed by atoms with van der Waals surface area (Å²) in [4.78, 5) is 58.3. The standard InChI is InChI=1S/C26H27ClF2N3O7P/c1-14(31-12-20(15(2)33)19-7-6-18(9-22(19)31)39-13-40(36,37)38)26(35)32-11-17(28)8-23(32)25(34)30-10-16-4-3-5-21(27)24(16)29/h3-7,9,12,14,17,23H,8,10-11,13H2,1-2H3,(H,30,34)(H2,36,37,38)/t14?,17-,23+/m1/s1. The molecule has 40 heavy (non-hydrogen) atoms. The van der Waals surface area contributed by atoms with Gasteiger partial charge >= 0.3 is 7.60 Å². The van der Waals surface area contributed by atoms with E-state index in [9.17, 15) is 27.7 Å². The molecule has 0 bridgehead atoms. The Morgan fingerprint density at radius 2 is 1.98 bits per heavy atom. The zero-order valence-corrected chi connectivity index (χ0v) is 23.2. The summed E-state index contributed by atoms with van der Waals surface area (Å²) in [6.07, 6.45) is -1.11. The third-order valence-electron chi connectivity index (χ3n) is 6.68. The van der Waals surface area contributed by atoms with Crippen molar-refractivity contribution in [2.24, 2.45) is 0 Å². The molecule has 0 spiro atoms. The minimum atomic E-state index is -4.46. The van der Waals surface area contributed by atoms with Crippen LogP contribution in [0.3, 0.4) is 0 Å². The Morgan fingerprint density at radius 1 is 1.25 bits per heavy atom. The number of hydrogen-bond acceptors (Lipinski definition) is 5. The molecule has 1 aliphatic heterocycles. The van der Waals surface area contributed by atoms with Gasteiger partial charge < -0.3 is 29.3 Å². The molecule has 3 atom stereocenters. The van der Waals surface area contributed by atoms with Gasteiger partial charge in [0.1, 0.15) is 29.8 Å². The molecule has 0 aliphatic carbocycles. The molecule has 0 radical (unpaired) electrons. The number of nitrogens with zero attached hydrogens (tertiary/aromatic N) is 2. The molecule has 1 aromatic heterocycles. The predicted octanol–water partition coefficient (Wildman–Crippen LogP) is 3.97. The third-order valence-corrected chi connectivity index (χ3v) is 7.44. The lowest BCUT2D eigenvalue weighted by molar-refractivity contribution is -0.140. The van der Waals surface area contributed by atoms with Crippen LogP contribution < -0.4 is 10.1 Å². The van der Waals surface area contributed by atoms with Gasteiger partial charge in [0, 0.05) is 41.7 Å². The van der Waals surface area contributed by atoms with Crippen LogP contribution in [0.4, 0.5) is 8.78 Å². The number of ketones is 1. The zero-order chi connectivity index (χ0) is 29.4. The number of carbonyl (C=O) groups excluding carboxylic acids is 3. The number of rotatable bonds is 9. The van der Waals surface area contributed by atoms with Crippen molar-refractivity contribution >= 4 is 47.7 Å². The highest BCUT2D eigenvalue weighted by Gasteiger charge is 2.41. The van der Waals surface area contributed by atoms with Crippen molar-refractivity contribution in [1.82, 2.24) is 14.8 Å². The van der Waals surface area contributed by atoms with E-state index >= 15 is 0 Å². The van der Waals surface area contributed by atoms with Gasteiger partial charge in [-0.3, -0.25) is 18.9 Å². The van der Waals surface area contributed by atoms with Crippen LogP contribution in [0.5, 0.6) is 5.75 Å². The van der Waals surface area contributed by atoms with Crippen molar-refractivity contribution in [2.75, 3.05) is 12.9 Å². The van der Waals surface area contributed by atoms with Crippen LogP contribution >= 0.6 is 19.2 Å². The number of ether oxygens (including phenoxy) is 1. The molecule has 1 fully saturated rings. The Morgan fingerprint density at radius 3 is 2.65 bits per heavy atom. The van der Waals surface area contributed by atoms with Gasteiger partial charge in [-0.15, -0.1) is 0 Å². The second-order valence-electron chi connectivity index (χ2n) is 9.57. The maximum Gasteiger partial charge on any atom is 0.362 e. The SMILES string of the molecule is CC(=O)c1cn(C(C)C(=O)N2C[C@H](F)C[C@H]2C(=O)NCc2cccc(Cl)c2F)c2cc(OCP(=O)(O)O)ccc12. The first-order valence-electron chi connectivity index (χ1n) is 12.2. The lowest BCUT2D eigenvalue weighted by Gasteiger charge is -2.27. The molecule has 214 valence electrons. The number of carbonyl (C=O) groups is 3. The van der Waals surface area contributed by atoms with Gasteiger partial charge in [-0.25, -0.2) is 8.78 Å². The number of halogens is 3. The summed E-state index contributed by atoms with van der Waals surface area (Å²) in [6.45, 7) is 2.33. The van der Waals surface area contributed by atoms with Crippen LogP contribution in [0.1, 0.15) is 42.2 Å². The quantitative estimate of drug-likeness (QED) is 0.251. The highest BCUT2D eigenvalue weighted by Crippen LogP contribution is 2.36. The van der Waals surface area contributed by atoms with Crippen molar-refractivity contribution in [1.29, 1.82) is 0 Å². The van der Waals surface area contributed by atoms with E-state index in [1.54, 1.807) is 0 Å². The molecule has 3 N–H and O–H groups in total. The highest BCUT2D eigenvalue weighted by atomic mass is 35.5. The number of hydrogen-bond donors (Lipinski definition) is 3. The van der Waals surface area contributed by atoms with Gasteiger partial charge in [-0.2, -0.15) is 0 Å². The van der Waals surface area contributed by atoms with Gasteiger partial charge in [0.25, 0.3) is 0 Å². The Hall–Kier alpha value is -3.31. The summed E-state index contributed by atoms with van der Waals surface area (Å²) < 4.78 is 46.6. The minimum Gasteiger partial charge on any atom is -0.481 e. The topological polar surface area (TPSA) is 138 Å². The summed E-state index contributed by atoms with van der Waals surface area (Å²) in [5.74, 6) is -2.13. The van der Waals surface area contributed by atoms with Crippen LogP contribution in [0.2, 0.25) is 5.02 Å². The molecule has 1 saturated heterocycles. The van der Waals surface area contributed by atoms with Gasteiger partial charge in [-0.05, 0) is 32.0 Å². The molecular formula is C26H27ClF2N3O7P. The van der Waals surface area contributed by atoms with Gasteiger partial charge in [0.2, 0.25) is 11.8 Å². The first-order valence-corrected chi connectivity index (χ1v) is 14.4. The maximum absolute atomic E-state index is 14.5. The van der Waals surface area contributed by atoms with E-state index in [1.165, 1.54) is 61.0 Å². The number of amides is 2. The first kappa shape index (κ1) is 29.7. The van der Waals surface area contributed by atoms with Crippen LogP contribution in [0.25, 0.3) is 10.9 Å². The largest absolute Gasteiger partial charge is 0.481 e. The molecule has 10 nitrogen and oxygen atoms in total. The molecule has 1 unspecified atom stereocenters. The predicted molar refractivity (Wildman–Crippen MR) is 142 cm³/mol. The Bertz CT molecular complexity index is 1530. The van der Waals surface area contributed by atoms with Gasteiger partial charge in [0.15, 0.2) is 12.1 Å². The lowest BCUT2D eigenvalue weighted by atomic mass is 10.1. The first-order chi connectivity index (χ1) is 18.8. The highest BCUT2D eigenvalue weighted by molar-refractivity contribution is 7.51. The van der Waals surface area contributed by atoms with Gasteiger partial charge in [-0.1, -0.05) is 23.7 Å². The number of Topliss-reactive ketones (excluding diaryl/α,β-unsaturated/α-hetero) is 1. The fourth-order valence-electron chi connectivity index (χ4n) is 4.70. The smallest absolute Gasteiger partial charge is 0.362 e. The Kier molecular flexibility index (Phi) is 8.65. The molecule has 4 rings (SSSR count). The number of nitrogens with one attached hydrogen (secondary N) is 1. The molecule has 2 heterocycles. The van der Waals surface area contributed by atoms with E-state index < -0.39 is 49.8 Å². The zero-order valence-electron chi connectivity index (χ0n) is 21.5. The number of fused-ring (bicyclic) bond motifs is 1. The van der Waals surface area contributed by atoms with Crippen LogP contribution in [0, 0.1) is 5.82 Å². The maximum atomic E-state index is 14.5. The van der Waals surface area contributed by atoms with Crippen LogP contribution in [-0.4, -0.2) is 62.0 Å². The fourth-order valence-corrected chi connectivity index (χ4v) is 5.21. The third kappa shape index (κ3) is 6.36. The number of alkyl halides is 1. The molecule has 2 amide bonds. The summed E-state index contributed by atoms with van der Waals surface area (Å²) in [5.41, 5.74) is 0.788. The van der Waals surface area contributed by atoms with E-state index in [4.69, 9.17) is 26.1 Å². The van der Waals surface area contributed by atoms with E-state index in [1.807, 2.05) is 0 Å². The summed E-state index contributed by atoms with van der Waals surface area (Å²) in [7, 11) is -4.46. The average Bonchev–Trinajstić information content (AvgIpc) is 3.47. The van der Waals surface area contributed by atoms with E-state index in [-0.39, 0.29) is 41.6 Å². The monoisotopic (exact) mass is 597 g/mol. The molecule has 14 heteroatoms.